The first-order valence-corrected chi connectivity index (χ1v) is 11.1. The topological polar surface area (TPSA) is 40.6 Å². The van der Waals surface area contributed by atoms with Gasteiger partial charge in [-0.1, -0.05) is 23.2 Å². The zero-order valence-corrected chi connectivity index (χ0v) is 17.9. The van der Waals surface area contributed by atoms with E-state index in [0.29, 0.717) is 53.6 Å². The number of likely N-dealkylation sites (tertiary alicyclic amines) is 1. The molecule has 2 aromatic rings. The summed E-state index contributed by atoms with van der Waals surface area (Å²) in [6.45, 7) is 1.76. The number of carbonyl (C=O) groups excluding carboxylic acids is 2. The Balaban J connectivity index is 1.47. The Bertz CT molecular complexity index is 946. The van der Waals surface area contributed by atoms with E-state index in [4.69, 9.17) is 23.2 Å². The maximum atomic E-state index is 13.2. The van der Waals surface area contributed by atoms with Crippen LogP contribution < -0.4 is 0 Å². The molecule has 0 bridgehead atoms. The van der Waals surface area contributed by atoms with Crippen molar-refractivity contribution in [1.29, 1.82) is 0 Å². The number of hydrogen-bond acceptors (Lipinski definition) is 3. The molecule has 0 unspecified atom stereocenters. The molecule has 2 aliphatic rings. The molecule has 0 N–H and O–H groups in total. The number of nitrogens with zero attached hydrogens (tertiary/aromatic N) is 2. The Morgan fingerprint density at radius 1 is 0.897 bits per heavy atom. The summed E-state index contributed by atoms with van der Waals surface area (Å²) in [5.41, 5.74) is 0.997. The number of benzene rings is 2. The van der Waals surface area contributed by atoms with Crippen molar-refractivity contribution in [1.82, 2.24) is 9.80 Å². The molecule has 2 fully saturated rings. The Kier molecular flexibility index (Phi) is 5.78. The van der Waals surface area contributed by atoms with Gasteiger partial charge >= 0.3 is 0 Å². The molecule has 2 amide bonds. The fourth-order valence-corrected chi connectivity index (χ4v) is 5.68. The van der Waals surface area contributed by atoms with Crippen molar-refractivity contribution in [3.8, 4) is 0 Å². The van der Waals surface area contributed by atoms with Crippen molar-refractivity contribution < 1.29 is 14.0 Å². The molecule has 152 valence electrons. The first-order chi connectivity index (χ1) is 13.9. The van der Waals surface area contributed by atoms with Crippen LogP contribution in [0.5, 0.6) is 0 Å². The Morgan fingerprint density at radius 3 is 2.21 bits per heavy atom. The summed E-state index contributed by atoms with van der Waals surface area (Å²) in [6.07, 6.45) is 1.38. The molecular formula is C21H19Cl2FN2O2S. The molecule has 0 radical (unpaired) electrons. The smallest absolute Gasteiger partial charge is 0.254 e. The molecule has 0 aliphatic carbocycles. The highest BCUT2D eigenvalue weighted by Crippen LogP contribution is 2.44. The number of rotatable bonds is 2. The number of halogens is 3. The molecule has 2 aromatic carbocycles. The molecule has 8 heteroatoms. The zero-order valence-electron chi connectivity index (χ0n) is 15.5. The molecule has 4 rings (SSSR count). The molecule has 0 atom stereocenters. The van der Waals surface area contributed by atoms with E-state index in [0.717, 1.165) is 5.75 Å². The fraction of sp³-hybridized carbons (Fsp3) is 0.333. The molecule has 0 saturated carbocycles. The van der Waals surface area contributed by atoms with Crippen LogP contribution in [-0.2, 0) is 0 Å². The summed E-state index contributed by atoms with van der Waals surface area (Å²) in [5.74, 6) is 0.325. The van der Waals surface area contributed by atoms with Gasteiger partial charge in [0.15, 0.2) is 0 Å². The second kappa shape index (κ2) is 8.17. The summed E-state index contributed by atoms with van der Waals surface area (Å²) in [7, 11) is 0. The van der Waals surface area contributed by atoms with Gasteiger partial charge in [-0.3, -0.25) is 9.59 Å². The average molecular weight is 453 g/mol. The quantitative estimate of drug-likeness (QED) is 0.646. The van der Waals surface area contributed by atoms with Crippen LogP contribution in [0.25, 0.3) is 0 Å². The highest BCUT2D eigenvalue weighted by Gasteiger charge is 2.47. The van der Waals surface area contributed by atoms with Gasteiger partial charge in [0.05, 0.1) is 14.9 Å². The van der Waals surface area contributed by atoms with Crippen LogP contribution in [0.2, 0.25) is 10.0 Å². The molecule has 2 heterocycles. The lowest BCUT2D eigenvalue weighted by atomic mass is 10.00. The van der Waals surface area contributed by atoms with Gasteiger partial charge in [-0.05, 0) is 55.3 Å². The monoisotopic (exact) mass is 452 g/mol. The Labute approximate surface area is 182 Å². The van der Waals surface area contributed by atoms with Crippen LogP contribution >= 0.6 is 35.0 Å². The minimum Gasteiger partial charge on any atom is -0.338 e. The van der Waals surface area contributed by atoms with Crippen LogP contribution in [0.3, 0.4) is 0 Å². The highest BCUT2D eigenvalue weighted by molar-refractivity contribution is 8.00. The molecule has 1 spiro atoms. The Hall–Kier alpha value is -1.76. The highest BCUT2D eigenvalue weighted by atomic mass is 35.5. The maximum absolute atomic E-state index is 13.2. The predicted octanol–water partition coefficient (Wildman–Crippen LogP) is 4.95. The van der Waals surface area contributed by atoms with E-state index in [9.17, 15) is 14.0 Å². The first-order valence-electron chi connectivity index (χ1n) is 9.35. The molecule has 0 aromatic heterocycles. The largest absolute Gasteiger partial charge is 0.338 e. The van der Waals surface area contributed by atoms with Crippen LogP contribution in [0.1, 0.15) is 33.6 Å². The maximum Gasteiger partial charge on any atom is 0.254 e. The average Bonchev–Trinajstić information content (AvgIpc) is 3.13. The summed E-state index contributed by atoms with van der Waals surface area (Å²) in [4.78, 5) is 29.2. The van der Waals surface area contributed by atoms with Gasteiger partial charge < -0.3 is 9.80 Å². The molecule has 4 nitrogen and oxygen atoms in total. The van der Waals surface area contributed by atoms with E-state index < -0.39 is 0 Å². The van der Waals surface area contributed by atoms with Gasteiger partial charge in [0.1, 0.15) is 5.82 Å². The van der Waals surface area contributed by atoms with Crippen molar-refractivity contribution in [3.05, 3.63) is 69.5 Å². The summed E-state index contributed by atoms with van der Waals surface area (Å²) in [5, 5.41) is 0.770. The molecule has 2 saturated heterocycles. The third-order valence-corrected chi connectivity index (χ3v) is 7.80. The molecule has 29 heavy (non-hydrogen) atoms. The van der Waals surface area contributed by atoms with Gasteiger partial charge in [-0.15, -0.1) is 11.8 Å². The summed E-state index contributed by atoms with van der Waals surface area (Å²) in [6, 6.07) is 10.6. The molecule has 2 aliphatic heterocycles. The number of carbonyl (C=O) groups is 2. The second-order valence-electron chi connectivity index (χ2n) is 7.18. The number of thioether (sulfide) groups is 1. The lowest BCUT2D eigenvalue weighted by Crippen LogP contribution is -2.53. The van der Waals surface area contributed by atoms with Crippen LogP contribution in [0.15, 0.2) is 42.5 Å². The van der Waals surface area contributed by atoms with Crippen LogP contribution in [0.4, 0.5) is 4.39 Å². The van der Waals surface area contributed by atoms with E-state index in [-0.39, 0.29) is 22.5 Å². The van der Waals surface area contributed by atoms with E-state index in [1.807, 2.05) is 4.90 Å². The van der Waals surface area contributed by atoms with Gasteiger partial charge in [0.2, 0.25) is 0 Å². The normalized spacial score (nSPS) is 18.3. The molecular weight excluding hydrogens is 434 g/mol. The van der Waals surface area contributed by atoms with Gasteiger partial charge in [-0.25, -0.2) is 4.39 Å². The standard InChI is InChI=1S/C21H19Cl2FN2O2S/c22-17-6-3-15(13-18(17)23)19(27)25-9-7-21(8-10-25)26(11-12-29-21)20(28)14-1-4-16(24)5-2-14/h1-6,13H,7-12H2. The van der Waals surface area contributed by atoms with Gasteiger partial charge in [-0.2, -0.15) is 0 Å². The number of amides is 2. The van der Waals surface area contributed by atoms with Crippen molar-refractivity contribution in [3.63, 3.8) is 0 Å². The van der Waals surface area contributed by atoms with Crippen molar-refractivity contribution in [2.75, 3.05) is 25.4 Å². The SMILES string of the molecule is O=C(c1ccc(Cl)c(Cl)c1)N1CCC2(CC1)SCCN2C(=O)c1ccc(F)cc1. The van der Waals surface area contributed by atoms with Crippen molar-refractivity contribution in [2.24, 2.45) is 0 Å². The van der Waals surface area contributed by atoms with Gasteiger partial charge in [0.25, 0.3) is 11.8 Å². The number of piperidine rings is 1. The summed E-state index contributed by atoms with van der Waals surface area (Å²) < 4.78 is 13.2. The predicted molar refractivity (Wildman–Crippen MR) is 114 cm³/mol. The third kappa shape index (κ3) is 3.98. The Morgan fingerprint density at radius 2 is 1.55 bits per heavy atom. The second-order valence-corrected chi connectivity index (χ2v) is 9.45. The van der Waals surface area contributed by atoms with E-state index in [2.05, 4.69) is 0 Å². The minimum absolute atomic E-state index is 0.0840. The minimum atomic E-state index is -0.360. The summed E-state index contributed by atoms with van der Waals surface area (Å²) >= 11 is 13.8. The van der Waals surface area contributed by atoms with Crippen LogP contribution in [-0.4, -0.2) is 51.9 Å². The lowest BCUT2D eigenvalue weighted by molar-refractivity contribution is 0.0498. The van der Waals surface area contributed by atoms with E-state index in [1.54, 1.807) is 34.9 Å². The van der Waals surface area contributed by atoms with Crippen molar-refractivity contribution >= 4 is 46.8 Å². The van der Waals surface area contributed by atoms with Crippen LogP contribution in [0, 0.1) is 5.82 Å². The van der Waals surface area contributed by atoms with E-state index >= 15 is 0 Å². The first kappa shape index (κ1) is 20.5. The van der Waals surface area contributed by atoms with Gasteiger partial charge in [0, 0.05) is 36.5 Å². The fourth-order valence-electron chi connectivity index (χ4n) is 3.93. The third-order valence-electron chi connectivity index (χ3n) is 5.51. The van der Waals surface area contributed by atoms with Crippen molar-refractivity contribution in [2.45, 2.75) is 17.7 Å². The number of hydrogen-bond donors (Lipinski definition) is 0. The lowest BCUT2D eigenvalue weighted by Gasteiger charge is -2.44. The van der Waals surface area contributed by atoms with E-state index in [1.165, 1.54) is 24.3 Å². The zero-order chi connectivity index (χ0) is 20.6.